The summed E-state index contributed by atoms with van der Waals surface area (Å²) in [6, 6.07) is 11.9. The largest absolute Gasteiger partial charge is 0.417 e. The first-order chi connectivity index (χ1) is 15.7. The summed E-state index contributed by atoms with van der Waals surface area (Å²) in [6.45, 7) is 0. The molecule has 0 aliphatic carbocycles. The summed E-state index contributed by atoms with van der Waals surface area (Å²) in [4.78, 5) is 16.1. The lowest BCUT2D eigenvalue weighted by atomic mass is 10.1. The molecule has 1 amide bonds. The van der Waals surface area contributed by atoms with Crippen molar-refractivity contribution in [1.29, 1.82) is 5.26 Å². The van der Waals surface area contributed by atoms with Gasteiger partial charge in [0.15, 0.2) is 10.4 Å². The summed E-state index contributed by atoms with van der Waals surface area (Å²) in [7, 11) is 1.37. The number of nitrogens with zero attached hydrogens (tertiary/aromatic N) is 4. The minimum atomic E-state index is -4.76. The van der Waals surface area contributed by atoms with Crippen molar-refractivity contribution in [3.8, 4) is 17.4 Å². The Hall–Kier alpha value is -4.04. The van der Waals surface area contributed by atoms with Crippen LogP contribution in [-0.2, 0) is 6.18 Å². The number of amides is 1. The number of fused-ring (bicyclic) bond motifs is 1. The number of pyridine rings is 1. The topological polar surface area (TPSA) is 75.6 Å². The maximum atomic E-state index is 14.6. The summed E-state index contributed by atoms with van der Waals surface area (Å²) in [6.07, 6.45) is -3.31. The Bertz CT molecular complexity index is 1510. The van der Waals surface area contributed by atoms with E-state index in [4.69, 9.17) is 17.5 Å². The highest BCUT2D eigenvalue weighted by molar-refractivity contribution is 7.71. The number of rotatable bonds is 3. The Balaban J connectivity index is 1.99. The molecule has 4 rings (SSSR count). The fourth-order valence-corrected chi connectivity index (χ4v) is 3.87. The van der Waals surface area contributed by atoms with E-state index in [0.717, 1.165) is 18.2 Å². The number of nitriles is 1. The molecule has 166 valence electrons. The van der Waals surface area contributed by atoms with Crippen LogP contribution in [-0.4, -0.2) is 27.1 Å². The lowest BCUT2D eigenvalue weighted by molar-refractivity contribution is -0.137. The smallest absolute Gasteiger partial charge is 0.355 e. The molecular weight excluding hydrogens is 458 g/mol. The third kappa shape index (κ3) is 3.74. The van der Waals surface area contributed by atoms with E-state index in [1.807, 2.05) is 0 Å². The average molecular weight is 471 g/mol. The third-order valence-electron chi connectivity index (χ3n) is 4.97. The molecule has 0 aliphatic heterocycles. The van der Waals surface area contributed by atoms with Gasteiger partial charge in [0, 0.05) is 13.2 Å². The molecule has 4 aromatic rings. The van der Waals surface area contributed by atoms with Crippen molar-refractivity contribution in [3.63, 3.8) is 0 Å². The van der Waals surface area contributed by atoms with Gasteiger partial charge in [-0.25, -0.2) is 9.37 Å². The van der Waals surface area contributed by atoms with E-state index in [2.05, 4.69) is 10.3 Å². The van der Waals surface area contributed by atoms with Crippen molar-refractivity contribution in [3.05, 3.63) is 82.0 Å². The highest BCUT2D eigenvalue weighted by Crippen LogP contribution is 2.34. The van der Waals surface area contributed by atoms with Gasteiger partial charge in [-0.05, 0) is 60.7 Å². The minimum Gasteiger partial charge on any atom is -0.355 e. The van der Waals surface area contributed by atoms with E-state index in [9.17, 15) is 22.4 Å². The van der Waals surface area contributed by atoms with Crippen LogP contribution in [0.15, 0.2) is 54.7 Å². The fourth-order valence-electron chi connectivity index (χ4n) is 3.48. The molecule has 2 aromatic carbocycles. The minimum absolute atomic E-state index is 0.0219. The zero-order chi connectivity index (χ0) is 23.9. The summed E-state index contributed by atoms with van der Waals surface area (Å²) in [5.41, 5.74) is -0.869. The first kappa shape index (κ1) is 22.2. The van der Waals surface area contributed by atoms with Gasteiger partial charge in [-0.2, -0.15) is 18.4 Å². The van der Waals surface area contributed by atoms with Crippen LogP contribution in [0, 0.1) is 21.9 Å². The Morgan fingerprint density at radius 3 is 2.45 bits per heavy atom. The maximum absolute atomic E-state index is 14.6. The van der Waals surface area contributed by atoms with Crippen molar-refractivity contribution in [1.82, 2.24) is 19.4 Å². The van der Waals surface area contributed by atoms with Crippen LogP contribution in [0.4, 0.5) is 17.6 Å². The number of hydrogen-bond donors (Lipinski definition) is 1. The molecule has 0 aliphatic rings. The fraction of sp³-hybridized carbons (Fsp3) is 0.0909. The zero-order valence-corrected chi connectivity index (χ0v) is 17.6. The summed E-state index contributed by atoms with van der Waals surface area (Å²) in [5, 5.41) is 11.4. The molecule has 0 saturated heterocycles. The predicted octanol–water partition coefficient (Wildman–Crippen LogP) is 4.93. The molecule has 0 bridgehead atoms. The van der Waals surface area contributed by atoms with Crippen molar-refractivity contribution >= 4 is 29.3 Å². The van der Waals surface area contributed by atoms with Crippen LogP contribution >= 0.6 is 12.2 Å². The second-order valence-corrected chi connectivity index (χ2v) is 7.25. The van der Waals surface area contributed by atoms with Gasteiger partial charge < -0.3 is 5.32 Å². The number of carbonyl (C=O) groups is 1. The van der Waals surface area contributed by atoms with Gasteiger partial charge in [0.05, 0.1) is 39.7 Å². The van der Waals surface area contributed by atoms with Gasteiger partial charge in [0.1, 0.15) is 5.82 Å². The number of nitrogens with one attached hydrogen (secondary N) is 1. The Morgan fingerprint density at radius 2 is 1.82 bits per heavy atom. The molecule has 6 nitrogen and oxygen atoms in total. The van der Waals surface area contributed by atoms with Crippen molar-refractivity contribution in [2.75, 3.05) is 7.05 Å². The molecule has 0 fully saturated rings. The monoisotopic (exact) mass is 471 g/mol. The highest BCUT2D eigenvalue weighted by Gasteiger charge is 2.34. The lowest BCUT2D eigenvalue weighted by Crippen LogP contribution is -2.19. The molecule has 0 radical (unpaired) electrons. The Morgan fingerprint density at radius 1 is 1.12 bits per heavy atom. The maximum Gasteiger partial charge on any atom is 0.417 e. The van der Waals surface area contributed by atoms with E-state index in [1.54, 1.807) is 12.1 Å². The highest BCUT2D eigenvalue weighted by atomic mass is 32.1. The SMILES string of the molecule is CNC(=O)c1ccc(-n2c(=S)n(-c3ccc(C#N)c(C(F)(F)F)c3)c3ncccc32)cc1F. The summed E-state index contributed by atoms with van der Waals surface area (Å²) >= 11 is 5.54. The van der Waals surface area contributed by atoms with Gasteiger partial charge >= 0.3 is 6.18 Å². The number of benzene rings is 2. The number of halogens is 4. The van der Waals surface area contributed by atoms with Crippen molar-refractivity contribution < 1.29 is 22.4 Å². The first-order valence-corrected chi connectivity index (χ1v) is 9.80. The van der Waals surface area contributed by atoms with E-state index in [0.29, 0.717) is 5.52 Å². The second kappa shape index (κ2) is 8.14. The molecule has 1 N–H and O–H groups in total. The Kier molecular flexibility index (Phi) is 5.47. The van der Waals surface area contributed by atoms with Gasteiger partial charge in [0.25, 0.3) is 5.91 Å². The molecular formula is C22H13F4N5OS. The van der Waals surface area contributed by atoms with Gasteiger partial charge in [-0.3, -0.25) is 13.9 Å². The van der Waals surface area contributed by atoms with Crippen LogP contribution in [0.1, 0.15) is 21.5 Å². The normalized spacial score (nSPS) is 11.4. The molecule has 0 saturated carbocycles. The van der Waals surface area contributed by atoms with Gasteiger partial charge in [0.2, 0.25) is 0 Å². The average Bonchev–Trinajstić information content (AvgIpc) is 3.09. The van der Waals surface area contributed by atoms with Crippen LogP contribution in [0.2, 0.25) is 0 Å². The van der Waals surface area contributed by atoms with Crippen molar-refractivity contribution in [2.45, 2.75) is 6.18 Å². The van der Waals surface area contributed by atoms with E-state index < -0.39 is 29.0 Å². The number of hydrogen-bond acceptors (Lipinski definition) is 4. The molecule has 33 heavy (non-hydrogen) atoms. The van der Waals surface area contributed by atoms with Crippen LogP contribution in [0.5, 0.6) is 0 Å². The first-order valence-electron chi connectivity index (χ1n) is 9.39. The number of aromatic nitrogens is 3. The summed E-state index contributed by atoms with van der Waals surface area (Å²) < 4.78 is 57.9. The molecule has 0 unspecified atom stereocenters. The predicted molar refractivity (Wildman–Crippen MR) is 114 cm³/mol. The zero-order valence-electron chi connectivity index (χ0n) is 16.8. The lowest BCUT2D eigenvalue weighted by Gasteiger charge is -2.12. The molecule has 2 heterocycles. The molecule has 0 spiro atoms. The van der Waals surface area contributed by atoms with Crippen LogP contribution < -0.4 is 5.32 Å². The Labute approximate surface area is 189 Å². The van der Waals surface area contributed by atoms with E-state index >= 15 is 0 Å². The van der Waals surface area contributed by atoms with E-state index in [-0.39, 0.29) is 27.4 Å². The molecule has 0 atom stereocenters. The van der Waals surface area contributed by atoms with E-state index in [1.165, 1.54) is 46.6 Å². The van der Waals surface area contributed by atoms with Crippen LogP contribution in [0.25, 0.3) is 22.5 Å². The van der Waals surface area contributed by atoms with Gasteiger partial charge in [-0.15, -0.1) is 0 Å². The molecule has 11 heteroatoms. The number of alkyl halides is 3. The standard InChI is InChI=1S/C22H13F4N5OS/c1-28-20(32)15-7-6-14(10-17(15)23)30-18-3-2-8-29-19(18)31(21(30)33)13-5-4-12(11-27)16(9-13)22(24,25)26/h2-10H,1H3,(H,28,32). The molecule has 2 aromatic heterocycles. The van der Waals surface area contributed by atoms with Crippen LogP contribution in [0.3, 0.4) is 0 Å². The third-order valence-corrected chi connectivity index (χ3v) is 5.34. The summed E-state index contributed by atoms with van der Waals surface area (Å²) in [5.74, 6) is -1.40. The second-order valence-electron chi connectivity index (χ2n) is 6.88. The quantitative estimate of drug-likeness (QED) is 0.340. The number of carbonyl (C=O) groups excluding carboxylic acids is 1. The van der Waals surface area contributed by atoms with Gasteiger partial charge in [-0.1, -0.05) is 0 Å². The number of imidazole rings is 1. The van der Waals surface area contributed by atoms with Crippen molar-refractivity contribution in [2.24, 2.45) is 0 Å².